The molecule has 1 aliphatic carbocycles. The van der Waals surface area contributed by atoms with Crippen LogP contribution in [0, 0.1) is 5.82 Å². The maximum absolute atomic E-state index is 14.2. The number of nitrogens with zero attached hydrogens (tertiary/aromatic N) is 4. The molecule has 0 spiro atoms. The normalized spacial score (nSPS) is 17.3. The van der Waals surface area contributed by atoms with E-state index in [9.17, 15) is 14.0 Å². The van der Waals surface area contributed by atoms with Gasteiger partial charge in [0.2, 0.25) is 5.91 Å². The van der Waals surface area contributed by atoms with Crippen LogP contribution in [0.4, 0.5) is 10.1 Å². The van der Waals surface area contributed by atoms with Gasteiger partial charge in [-0.25, -0.2) is 9.37 Å². The van der Waals surface area contributed by atoms with Gasteiger partial charge in [0.05, 0.1) is 18.0 Å². The lowest BCUT2D eigenvalue weighted by atomic mass is 10.1. The van der Waals surface area contributed by atoms with Crippen LogP contribution < -0.4 is 20.5 Å². The fraction of sp³-hybridized carbons (Fsp3) is 0.516. The summed E-state index contributed by atoms with van der Waals surface area (Å²) in [6, 6.07) is 10.8. The third-order valence-corrected chi connectivity index (χ3v) is 7.90. The van der Waals surface area contributed by atoms with Crippen LogP contribution in [-0.2, 0) is 11.3 Å². The number of amides is 1. The van der Waals surface area contributed by atoms with Crippen molar-refractivity contribution in [3.8, 4) is 17.1 Å². The number of hydrogen-bond donors (Lipinski definition) is 1. The van der Waals surface area contributed by atoms with E-state index < -0.39 is 11.4 Å². The molecule has 9 heteroatoms. The first-order valence-corrected chi connectivity index (χ1v) is 14.3. The van der Waals surface area contributed by atoms with Gasteiger partial charge < -0.3 is 15.0 Å². The molecule has 214 valence electrons. The summed E-state index contributed by atoms with van der Waals surface area (Å²) in [5, 5.41) is 3.38. The summed E-state index contributed by atoms with van der Waals surface area (Å²) in [5.41, 5.74) is 1.24. The van der Waals surface area contributed by atoms with Crippen LogP contribution in [0.15, 0.2) is 41.2 Å². The number of benzene rings is 2. The van der Waals surface area contributed by atoms with Gasteiger partial charge in [0.25, 0.3) is 5.56 Å². The van der Waals surface area contributed by atoms with Crippen LogP contribution in [0.25, 0.3) is 22.3 Å². The van der Waals surface area contributed by atoms with E-state index >= 15 is 0 Å². The topological polar surface area (TPSA) is 79.7 Å². The number of rotatable bonds is 6. The lowest BCUT2D eigenvalue weighted by molar-refractivity contribution is -0.123. The van der Waals surface area contributed by atoms with Crippen LogP contribution in [-0.4, -0.2) is 65.2 Å². The predicted octanol–water partition coefficient (Wildman–Crippen LogP) is 4.58. The van der Waals surface area contributed by atoms with Crippen LogP contribution in [0.5, 0.6) is 5.75 Å². The van der Waals surface area contributed by atoms with Gasteiger partial charge in [-0.15, -0.1) is 0 Å². The number of aromatic nitrogens is 2. The summed E-state index contributed by atoms with van der Waals surface area (Å²) in [5.74, 6) is -0.489. The molecule has 0 unspecified atom stereocenters. The molecule has 1 aromatic heterocycles. The van der Waals surface area contributed by atoms with Gasteiger partial charge in [-0.05, 0) is 76.4 Å². The molecular formula is C31H40FN5O3. The average molecular weight is 550 g/mol. The number of carbonyl (C=O) groups excluding carboxylic acids is 1. The van der Waals surface area contributed by atoms with Gasteiger partial charge in [0, 0.05) is 49.0 Å². The van der Waals surface area contributed by atoms with Crippen molar-refractivity contribution in [1.82, 2.24) is 19.8 Å². The number of halogens is 1. The van der Waals surface area contributed by atoms with Gasteiger partial charge in [-0.2, -0.15) is 0 Å². The minimum atomic E-state index is -0.514. The van der Waals surface area contributed by atoms with Gasteiger partial charge in [-0.3, -0.25) is 19.1 Å². The highest BCUT2D eigenvalue weighted by Gasteiger charge is 2.25. The first-order valence-electron chi connectivity index (χ1n) is 14.3. The summed E-state index contributed by atoms with van der Waals surface area (Å²) in [6.07, 6.45) is 6.33. The van der Waals surface area contributed by atoms with Gasteiger partial charge >= 0.3 is 0 Å². The van der Waals surface area contributed by atoms with Crippen LogP contribution >= 0.6 is 0 Å². The highest BCUT2D eigenvalue weighted by atomic mass is 19.1. The molecule has 0 radical (unpaired) electrons. The molecule has 40 heavy (non-hydrogen) atoms. The number of nitrogens with one attached hydrogen (secondary N) is 1. The molecule has 1 saturated heterocycles. The third-order valence-electron chi connectivity index (χ3n) is 7.90. The van der Waals surface area contributed by atoms with Crippen molar-refractivity contribution in [1.29, 1.82) is 0 Å². The predicted molar refractivity (Wildman–Crippen MR) is 157 cm³/mol. The van der Waals surface area contributed by atoms with Crippen LogP contribution in [0.2, 0.25) is 0 Å². The van der Waals surface area contributed by atoms with E-state index in [1.54, 1.807) is 6.07 Å². The zero-order valence-corrected chi connectivity index (χ0v) is 24.0. The zero-order chi connectivity index (χ0) is 28.4. The second-order valence-corrected chi connectivity index (χ2v) is 12.0. The van der Waals surface area contributed by atoms with E-state index in [1.165, 1.54) is 49.5 Å². The molecule has 1 amide bonds. The minimum absolute atomic E-state index is 0.0423. The van der Waals surface area contributed by atoms with Crippen molar-refractivity contribution in [3.63, 3.8) is 0 Å². The molecule has 0 atom stereocenters. The Labute approximate surface area is 235 Å². The smallest absolute Gasteiger partial charge is 0.262 e. The molecule has 2 aromatic carbocycles. The van der Waals surface area contributed by atoms with Crippen molar-refractivity contribution < 1.29 is 13.9 Å². The van der Waals surface area contributed by atoms with Gasteiger partial charge in [0.15, 0.2) is 11.6 Å². The van der Waals surface area contributed by atoms with Crippen LogP contribution in [0.3, 0.4) is 0 Å². The Hall–Kier alpha value is -3.46. The van der Waals surface area contributed by atoms with E-state index in [1.807, 2.05) is 39.0 Å². The Kier molecular flexibility index (Phi) is 8.12. The van der Waals surface area contributed by atoms with E-state index in [0.29, 0.717) is 22.5 Å². The Bertz CT molecular complexity index is 1440. The van der Waals surface area contributed by atoms with E-state index in [0.717, 1.165) is 38.3 Å². The van der Waals surface area contributed by atoms with Crippen LogP contribution in [0.1, 0.15) is 52.9 Å². The summed E-state index contributed by atoms with van der Waals surface area (Å²) in [7, 11) is 1.39. The molecule has 8 nitrogen and oxygen atoms in total. The maximum atomic E-state index is 14.2. The lowest BCUT2D eigenvalue weighted by Gasteiger charge is -2.28. The third kappa shape index (κ3) is 6.14. The Morgan fingerprint density at radius 2 is 1.82 bits per heavy atom. The summed E-state index contributed by atoms with van der Waals surface area (Å²) in [6.45, 7) is 9.42. The average Bonchev–Trinajstić information content (AvgIpc) is 3.34. The van der Waals surface area contributed by atoms with E-state index in [2.05, 4.69) is 15.1 Å². The summed E-state index contributed by atoms with van der Waals surface area (Å²) in [4.78, 5) is 36.8. The highest BCUT2D eigenvalue weighted by Crippen LogP contribution is 2.29. The number of ether oxygens (including phenoxy) is 1. The Balaban J connectivity index is 1.52. The summed E-state index contributed by atoms with van der Waals surface area (Å²) < 4.78 is 20.7. The minimum Gasteiger partial charge on any atom is -0.494 e. The fourth-order valence-electron chi connectivity index (χ4n) is 6.00. The second-order valence-electron chi connectivity index (χ2n) is 12.0. The quantitative estimate of drug-likeness (QED) is 0.485. The molecule has 0 bridgehead atoms. The molecule has 2 fully saturated rings. The Morgan fingerprint density at radius 3 is 2.55 bits per heavy atom. The fourth-order valence-corrected chi connectivity index (χ4v) is 6.00. The monoisotopic (exact) mass is 549 g/mol. The molecule has 5 rings (SSSR count). The van der Waals surface area contributed by atoms with Crippen molar-refractivity contribution in [3.05, 3.63) is 52.6 Å². The SMILES string of the molecule is COc1cc(-c2nc3ccc(N4CCCN(C5CCCC5)CC4)cc3c(=O)n2CC(=O)NC(C)(C)C)ccc1F. The van der Waals surface area contributed by atoms with Gasteiger partial charge in [0.1, 0.15) is 12.4 Å². The standard InChI is InChI=1S/C31H40FN5O3/c1-31(2,3)34-28(38)20-37-29(21-10-12-25(32)27(18-21)40-4)33-26-13-11-23(19-24(26)30(37)39)36-15-7-14-35(16-17-36)22-8-5-6-9-22/h10-13,18-19,22H,5-9,14-17,20H2,1-4H3,(H,34,38). The number of fused-ring (bicyclic) bond motifs is 1. The summed E-state index contributed by atoms with van der Waals surface area (Å²) >= 11 is 0. The lowest BCUT2D eigenvalue weighted by Crippen LogP contribution is -2.43. The largest absolute Gasteiger partial charge is 0.494 e. The zero-order valence-electron chi connectivity index (χ0n) is 24.0. The number of carbonyl (C=O) groups is 1. The first kappa shape index (κ1) is 28.1. The van der Waals surface area contributed by atoms with Crippen molar-refractivity contribution >= 4 is 22.5 Å². The second kappa shape index (κ2) is 11.6. The van der Waals surface area contributed by atoms with Gasteiger partial charge in [-0.1, -0.05) is 12.8 Å². The molecule has 1 N–H and O–H groups in total. The van der Waals surface area contributed by atoms with Crippen molar-refractivity contribution in [2.24, 2.45) is 0 Å². The number of anilines is 1. The van der Waals surface area contributed by atoms with Crippen molar-refractivity contribution in [2.45, 2.75) is 71.0 Å². The molecule has 1 aliphatic heterocycles. The highest BCUT2D eigenvalue weighted by molar-refractivity contribution is 5.85. The molecule has 2 aliphatic rings. The first-order chi connectivity index (χ1) is 19.1. The number of hydrogen-bond acceptors (Lipinski definition) is 6. The molecule has 3 aromatic rings. The van der Waals surface area contributed by atoms with E-state index in [-0.39, 0.29) is 29.6 Å². The molecular weight excluding hydrogens is 509 g/mol. The van der Waals surface area contributed by atoms with Crippen molar-refractivity contribution in [2.75, 3.05) is 38.2 Å². The number of methoxy groups -OCH3 is 1. The van der Waals surface area contributed by atoms with E-state index in [4.69, 9.17) is 9.72 Å². The maximum Gasteiger partial charge on any atom is 0.262 e. The molecule has 2 heterocycles. The molecule has 1 saturated carbocycles. The Morgan fingerprint density at radius 1 is 1.05 bits per heavy atom.